The summed E-state index contributed by atoms with van der Waals surface area (Å²) in [5.41, 5.74) is 1.03. The van der Waals surface area contributed by atoms with Gasteiger partial charge >= 0.3 is 0 Å². The van der Waals surface area contributed by atoms with Crippen molar-refractivity contribution >= 4 is 0 Å². The third-order valence-corrected chi connectivity index (χ3v) is 1.89. The summed E-state index contributed by atoms with van der Waals surface area (Å²) in [6.45, 7) is 3.64. The van der Waals surface area contributed by atoms with E-state index in [1.54, 1.807) is 6.08 Å². The van der Waals surface area contributed by atoms with E-state index in [0.717, 1.165) is 5.56 Å². The van der Waals surface area contributed by atoms with Gasteiger partial charge in [0.05, 0.1) is 0 Å². The summed E-state index contributed by atoms with van der Waals surface area (Å²) < 4.78 is 5.20. The molecule has 2 rings (SSSR count). The zero-order valence-electron chi connectivity index (χ0n) is 7.23. The molecular weight excluding hydrogens is 160 g/mol. The first-order chi connectivity index (χ1) is 6.40. The van der Waals surface area contributed by atoms with Crippen LogP contribution in [0.4, 0.5) is 0 Å². The van der Waals surface area contributed by atoms with E-state index in [9.17, 15) is 0 Å². The Morgan fingerprint density at radius 1 is 1.31 bits per heavy atom. The molecule has 1 nitrogen and oxygen atoms in total. The number of ether oxygens (including phenoxy) is 1. The normalized spacial score (nSPS) is 24.3. The number of rotatable bonds is 1. The lowest BCUT2D eigenvalue weighted by molar-refractivity contribution is 0.417. The van der Waals surface area contributed by atoms with Crippen LogP contribution in [0, 0.1) is 11.8 Å². The first-order valence-electron chi connectivity index (χ1n) is 4.25. The molecule has 1 aromatic carbocycles. The summed E-state index contributed by atoms with van der Waals surface area (Å²) in [5, 5.41) is 0. The highest BCUT2D eigenvalue weighted by atomic mass is 16.6. The number of benzene rings is 1. The van der Waals surface area contributed by atoms with Crippen LogP contribution in [0.3, 0.4) is 0 Å². The highest BCUT2D eigenvalue weighted by Gasteiger charge is 2.33. The molecule has 0 aromatic heterocycles. The van der Waals surface area contributed by atoms with Gasteiger partial charge in [0.1, 0.15) is 12.2 Å². The first-order valence-corrected chi connectivity index (χ1v) is 4.25. The van der Waals surface area contributed by atoms with E-state index in [-0.39, 0.29) is 12.2 Å². The van der Waals surface area contributed by atoms with Crippen molar-refractivity contribution in [2.45, 2.75) is 12.2 Å². The zero-order valence-corrected chi connectivity index (χ0v) is 7.23. The molecule has 0 radical (unpaired) electrons. The monoisotopic (exact) mass is 170 g/mol. The van der Waals surface area contributed by atoms with Crippen molar-refractivity contribution in [2.75, 3.05) is 0 Å². The van der Waals surface area contributed by atoms with Gasteiger partial charge in [-0.05, 0) is 12.1 Å². The van der Waals surface area contributed by atoms with Gasteiger partial charge in [-0.3, -0.25) is 0 Å². The number of hydrogen-bond acceptors (Lipinski definition) is 1. The Kier molecular flexibility index (Phi) is 2.16. The molecule has 1 fully saturated rings. The molecule has 0 aliphatic carbocycles. The standard InChI is InChI=1S/C12H10O/c1-2-11-12(13-11)9-8-10-6-4-3-5-7-10/h2-7,11-12H,1H2/t11-,12+/m1/s1. The molecule has 1 aliphatic heterocycles. The van der Waals surface area contributed by atoms with E-state index in [0.29, 0.717) is 0 Å². The molecule has 1 heterocycles. The Hall–Kier alpha value is -1.52. The summed E-state index contributed by atoms with van der Waals surface area (Å²) >= 11 is 0. The lowest BCUT2D eigenvalue weighted by Gasteiger charge is -1.84. The maximum absolute atomic E-state index is 5.20. The average molecular weight is 170 g/mol. The fraction of sp³-hybridized carbons (Fsp3) is 0.167. The minimum atomic E-state index is 0.0673. The summed E-state index contributed by atoms with van der Waals surface area (Å²) in [5.74, 6) is 6.08. The van der Waals surface area contributed by atoms with Gasteiger partial charge in [0.25, 0.3) is 0 Å². The van der Waals surface area contributed by atoms with Crippen LogP contribution >= 0.6 is 0 Å². The summed E-state index contributed by atoms with van der Waals surface area (Å²) in [4.78, 5) is 0. The van der Waals surface area contributed by atoms with Crippen LogP contribution < -0.4 is 0 Å². The summed E-state index contributed by atoms with van der Waals surface area (Å²) in [6.07, 6.45) is 2.00. The SMILES string of the molecule is C=C[C@H]1O[C@H]1C#Cc1ccccc1. The molecule has 13 heavy (non-hydrogen) atoms. The molecule has 1 saturated heterocycles. The molecule has 0 amide bonds. The van der Waals surface area contributed by atoms with E-state index in [4.69, 9.17) is 4.74 Å². The van der Waals surface area contributed by atoms with E-state index in [1.807, 2.05) is 30.3 Å². The molecule has 1 aromatic rings. The fourth-order valence-electron chi connectivity index (χ4n) is 1.10. The average Bonchev–Trinajstić information content (AvgIpc) is 2.95. The highest BCUT2D eigenvalue weighted by molar-refractivity contribution is 5.36. The second kappa shape index (κ2) is 3.47. The van der Waals surface area contributed by atoms with Crippen LogP contribution in [0.15, 0.2) is 43.0 Å². The van der Waals surface area contributed by atoms with Gasteiger partial charge in [0.2, 0.25) is 0 Å². The van der Waals surface area contributed by atoms with E-state index in [2.05, 4.69) is 18.4 Å². The fourth-order valence-corrected chi connectivity index (χ4v) is 1.10. The minimum absolute atomic E-state index is 0.0673. The van der Waals surface area contributed by atoms with Gasteiger partial charge in [-0.15, -0.1) is 6.58 Å². The van der Waals surface area contributed by atoms with Gasteiger partial charge in [0.15, 0.2) is 0 Å². The van der Waals surface area contributed by atoms with Crippen molar-refractivity contribution in [3.8, 4) is 11.8 Å². The second-order valence-electron chi connectivity index (χ2n) is 2.89. The van der Waals surface area contributed by atoms with Crippen LogP contribution in [-0.2, 0) is 4.74 Å². The maximum atomic E-state index is 5.20. The molecule has 64 valence electrons. The van der Waals surface area contributed by atoms with Gasteiger partial charge in [-0.2, -0.15) is 0 Å². The minimum Gasteiger partial charge on any atom is -0.351 e. The molecule has 1 aliphatic rings. The number of epoxide rings is 1. The highest BCUT2D eigenvalue weighted by Crippen LogP contribution is 2.21. The molecule has 2 atom stereocenters. The van der Waals surface area contributed by atoms with Crippen molar-refractivity contribution in [1.29, 1.82) is 0 Å². The van der Waals surface area contributed by atoms with Crippen LogP contribution in [0.25, 0.3) is 0 Å². The smallest absolute Gasteiger partial charge is 0.149 e. The number of hydrogen-bond donors (Lipinski definition) is 0. The molecule has 0 bridgehead atoms. The predicted molar refractivity (Wildman–Crippen MR) is 52.2 cm³/mol. The first kappa shape index (κ1) is 8.10. The van der Waals surface area contributed by atoms with E-state index < -0.39 is 0 Å². The van der Waals surface area contributed by atoms with Gasteiger partial charge in [0, 0.05) is 5.56 Å². The second-order valence-corrected chi connectivity index (χ2v) is 2.89. The van der Waals surface area contributed by atoms with Crippen LogP contribution in [0.2, 0.25) is 0 Å². The molecule has 0 spiro atoms. The van der Waals surface area contributed by atoms with Crippen LogP contribution in [-0.4, -0.2) is 12.2 Å². The Morgan fingerprint density at radius 3 is 2.69 bits per heavy atom. The third kappa shape index (κ3) is 1.99. The topological polar surface area (TPSA) is 12.5 Å². The quantitative estimate of drug-likeness (QED) is 0.357. The molecule has 0 N–H and O–H groups in total. The van der Waals surface area contributed by atoms with Crippen LogP contribution in [0.5, 0.6) is 0 Å². The van der Waals surface area contributed by atoms with Crippen molar-refractivity contribution < 1.29 is 4.74 Å². The van der Waals surface area contributed by atoms with Crippen molar-refractivity contribution in [1.82, 2.24) is 0 Å². The Labute approximate surface area is 78.0 Å². The predicted octanol–water partition coefficient (Wildman–Crippen LogP) is 1.99. The molecule has 1 heteroatoms. The molecule has 0 saturated carbocycles. The molecule has 0 unspecified atom stereocenters. The van der Waals surface area contributed by atoms with E-state index >= 15 is 0 Å². The lowest BCUT2D eigenvalue weighted by Crippen LogP contribution is -1.83. The van der Waals surface area contributed by atoms with Gasteiger partial charge in [-0.1, -0.05) is 36.1 Å². The Bertz CT molecular complexity index is 356. The Balaban J connectivity index is 2.02. The van der Waals surface area contributed by atoms with Crippen molar-refractivity contribution in [3.63, 3.8) is 0 Å². The van der Waals surface area contributed by atoms with Crippen molar-refractivity contribution in [3.05, 3.63) is 48.6 Å². The largest absolute Gasteiger partial charge is 0.351 e. The maximum Gasteiger partial charge on any atom is 0.149 e. The van der Waals surface area contributed by atoms with E-state index in [1.165, 1.54) is 0 Å². The molecular formula is C12H10O. The Morgan fingerprint density at radius 2 is 2.08 bits per heavy atom. The van der Waals surface area contributed by atoms with Gasteiger partial charge in [-0.25, -0.2) is 0 Å². The van der Waals surface area contributed by atoms with Crippen molar-refractivity contribution in [2.24, 2.45) is 0 Å². The summed E-state index contributed by atoms with van der Waals surface area (Å²) in [7, 11) is 0. The zero-order chi connectivity index (χ0) is 9.10. The third-order valence-electron chi connectivity index (χ3n) is 1.89. The van der Waals surface area contributed by atoms with Gasteiger partial charge < -0.3 is 4.74 Å². The van der Waals surface area contributed by atoms with Crippen LogP contribution in [0.1, 0.15) is 5.56 Å². The summed E-state index contributed by atoms with van der Waals surface area (Å²) in [6, 6.07) is 9.90. The lowest BCUT2D eigenvalue weighted by atomic mass is 10.2.